The summed E-state index contributed by atoms with van der Waals surface area (Å²) in [6, 6.07) is 0. The third-order valence-corrected chi connectivity index (χ3v) is 3.36. The van der Waals surface area contributed by atoms with Gasteiger partial charge in [0.1, 0.15) is 11.5 Å². The molecule has 1 heterocycles. The van der Waals surface area contributed by atoms with Crippen molar-refractivity contribution in [2.24, 2.45) is 7.05 Å². The van der Waals surface area contributed by atoms with Gasteiger partial charge >= 0.3 is 5.69 Å². The molecule has 0 aliphatic heterocycles. The van der Waals surface area contributed by atoms with Crippen molar-refractivity contribution < 1.29 is 4.74 Å². The number of nitrogens with two attached hydrogens (primary N) is 1. The van der Waals surface area contributed by atoms with Crippen LogP contribution in [0.5, 0.6) is 0 Å². The van der Waals surface area contributed by atoms with Crippen molar-refractivity contribution in [1.29, 1.82) is 0 Å². The Kier molecular flexibility index (Phi) is 7.01. The molecule has 0 aromatic carbocycles. The van der Waals surface area contributed by atoms with Gasteiger partial charge in [0.2, 0.25) is 0 Å². The number of ether oxygens (including phenoxy) is 1. The molecule has 0 aliphatic carbocycles. The highest BCUT2D eigenvalue weighted by molar-refractivity contribution is 5.60. The fourth-order valence-corrected chi connectivity index (χ4v) is 2.15. The minimum atomic E-state index is -0.373. The highest BCUT2D eigenvalue weighted by atomic mass is 16.5. The van der Waals surface area contributed by atoms with Gasteiger partial charge in [-0.05, 0) is 25.7 Å². The molecule has 0 radical (unpaired) electrons. The average molecular weight is 298 g/mol. The van der Waals surface area contributed by atoms with E-state index in [2.05, 4.69) is 5.32 Å². The zero-order valence-electron chi connectivity index (χ0n) is 13.1. The van der Waals surface area contributed by atoms with Gasteiger partial charge in [-0.2, -0.15) is 0 Å². The summed E-state index contributed by atoms with van der Waals surface area (Å²) in [7, 11) is 3.15. The average Bonchev–Trinajstić information content (AvgIpc) is 2.48. The summed E-state index contributed by atoms with van der Waals surface area (Å²) in [4.78, 5) is 24.1. The molecule has 1 aromatic heterocycles. The zero-order chi connectivity index (χ0) is 15.8. The van der Waals surface area contributed by atoms with Gasteiger partial charge in [-0.3, -0.25) is 13.9 Å². The van der Waals surface area contributed by atoms with E-state index in [-0.39, 0.29) is 17.1 Å². The van der Waals surface area contributed by atoms with E-state index in [1.165, 1.54) is 11.6 Å². The zero-order valence-corrected chi connectivity index (χ0v) is 13.1. The number of methoxy groups -OCH3 is 1. The molecule has 0 saturated carbocycles. The molecule has 7 heteroatoms. The lowest BCUT2D eigenvalue weighted by Crippen LogP contribution is -2.40. The van der Waals surface area contributed by atoms with Crippen LogP contribution in [-0.4, -0.2) is 29.4 Å². The topological polar surface area (TPSA) is 91.3 Å². The Morgan fingerprint density at radius 2 is 1.95 bits per heavy atom. The van der Waals surface area contributed by atoms with Gasteiger partial charge in [0.25, 0.3) is 5.56 Å². The molecule has 0 fully saturated rings. The maximum Gasteiger partial charge on any atom is 0.332 e. The highest BCUT2D eigenvalue weighted by Gasteiger charge is 2.14. The molecule has 0 atom stereocenters. The first-order valence-corrected chi connectivity index (χ1v) is 7.36. The van der Waals surface area contributed by atoms with Crippen LogP contribution in [0.15, 0.2) is 9.59 Å². The minimum absolute atomic E-state index is 0.224. The van der Waals surface area contributed by atoms with Gasteiger partial charge in [-0.25, -0.2) is 4.79 Å². The lowest BCUT2D eigenvalue weighted by molar-refractivity contribution is 0.192. The van der Waals surface area contributed by atoms with Gasteiger partial charge in [-0.1, -0.05) is 6.92 Å². The molecule has 0 aliphatic rings. The number of nitrogens with zero attached hydrogens (tertiary/aromatic N) is 2. The number of anilines is 2. The number of rotatable bonds is 9. The van der Waals surface area contributed by atoms with Crippen LogP contribution in [0.2, 0.25) is 0 Å². The molecule has 0 unspecified atom stereocenters. The molecule has 0 spiro atoms. The van der Waals surface area contributed by atoms with Crippen LogP contribution in [0.3, 0.4) is 0 Å². The standard InChI is InChI=1S/C14H26N4O3/c1-4-9-18-12(15)11(13(19)17(2)14(18)20)16-8-6-5-7-10-21-3/h16H,4-10,15H2,1-3H3. The molecular formula is C14H26N4O3. The summed E-state index contributed by atoms with van der Waals surface area (Å²) in [6.45, 7) is 3.85. The first-order valence-electron chi connectivity index (χ1n) is 7.36. The fraction of sp³-hybridized carbons (Fsp3) is 0.714. The van der Waals surface area contributed by atoms with E-state index in [4.69, 9.17) is 10.5 Å². The Balaban J connectivity index is 2.82. The molecule has 0 saturated heterocycles. The second-order valence-corrected chi connectivity index (χ2v) is 5.04. The lowest BCUT2D eigenvalue weighted by Gasteiger charge is -2.15. The summed E-state index contributed by atoms with van der Waals surface area (Å²) in [6.07, 6.45) is 3.69. The molecule has 1 aromatic rings. The fourth-order valence-electron chi connectivity index (χ4n) is 2.15. The first kappa shape index (κ1) is 17.3. The van der Waals surface area contributed by atoms with Crippen LogP contribution in [0.1, 0.15) is 32.6 Å². The van der Waals surface area contributed by atoms with Crippen LogP contribution < -0.4 is 22.3 Å². The van der Waals surface area contributed by atoms with E-state index in [0.29, 0.717) is 18.8 Å². The summed E-state index contributed by atoms with van der Waals surface area (Å²) < 4.78 is 7.52. The van der Waals surface area contributed by atoms with Crippen LogP contribution >= 0.6 is 0 Å². The van der Waals surface area contributed by atoms with E-state index in [9.17, 15) is 9.59 Å². The maximum absolute atomic E-state index is 12.1. The lowest BCUT2D eigenvalue weighted by atomic mass is 10.2. The quantitative estimate of drug-likeness (QED) is 0.657. The first-order chi connectivity index (χ1) is 10.0. The Morgan fingerprint density at radius 1 is 1.24 bits per heavy atom. The van der Waals surface area contributed by atoms with E-state index in [1.807, 2.05) is 6.92 Å². The molecule has 21 heavy (non-hydrogen) atoms. The molecule has 0 amide bonds. The molecule has 1 rings (SSSR count). The molecular weight excluding hydrogens is 272 g/mol. The van der Waals surface area contributed by atoms with Crippen molar-refractivity contribution in [2.75, 3.05) is 31.3 Å². The van der Waals surface area contributed by atoms with Gasteiger partial charge < -0.3 is 15.8 Å². The number of hydrogen-bond donors (Lipinski definition) is 2. The normalized spacial score (nSPS) is 10.8. The van der Waals surface area contributed by atoms with E-state index in [1.54, 1.807) is 7.11 Å². The van der Waals surface area contributed by atoms with Gasteiger partial charge in [-0.15, -0.1) is 0 Å². The van der Waals surface area contributed by atoms with Crippen molar-refractivity contribution >= 4 is 11.5 Å². The third kappa shape index (κ3) is 4.35. The molecule has 3 N–H and O–H groups in total. The highest BCUT2D eigenvalue weighted by Crippen LogP contribution is 2.11. The van der Waals surface area contributed by atoms with E-state index < -0.39 is 0 Å². The predicted molar refractivity (Wildman–Crippen MR) is 84.9 cm³/mol. The van der Waals surface area contributed by atoms with E-state index in [0.717, 1.165) is 36.9 Å². The van der Waals surface area contributed by atoms with Crippen LogP contribution in [0, 0.1) is 0 Å². The number of nitrogens with one attached hydrogen (secondary N) is 1. The van der Waals surface area contributed by atoms with Crippen LogP contribution in [0.25, 0.3) is 0 Å². The van der Waals surface area contributed by atoms with Crippen molar-refractivity contribution in [3.05, 3.63) is 20.8 Å². The van der Waals surface area contributed by atoms with Crippen molar-refractivity contribution in [3.63, 3.8) is 0 Å². The summed E-state index contributed by atoms with van der Waals surface area (Å²) in [5.74, 6) is 0.224. The maximum atomic E-state index is 12.1. The Bertz CT molecular complexity index is 563. The number of aromatic nitrogens is 2. The Hall–Kier alpha value is -1.76. The summed E-state index contributed by atoms with van der Waals surface area (Å²) in [5, 5.41) is 3.07. The monoisotopic (exact) mass is 298 g/mol. The molecule has 120 valence electrons. The summed E-state index contributed by atoms with van der Waals surface area (Å²) >= 11 is 0. The van der Waals surface area contributed by atoms with Crippen molar-refractivity contribution in [3.8, 4) is 0 Å². The summed E-state index contributed by atoms with van der Waals surface area (Å²) in [5.41, 5.74) is 5.54. The van der Waals surface area contributed by atoms with Crippen LogP contribution in [-0.2, 0) is 18.3 Å². The van der Waals surface area contributed by atoms with Gasteiger partial charge in [0.15, 0.2) is 0 Å². The predicted octanol–water partition coefficient (Wildman–Crippen LogP) is 0.768. The second kappa shape index (κ2) is 8.51. The second-order valence-electron chi connectivity index (χ2n) is 5.04. The largest absolute Gasteiger partial charge is 0.385 e. The molecule has 7 nitrogen and oxygen atoms in total. The SMILES string of the molecule is CCCn1c(N)c(NCCCCCOC)c(=O)n(C)c1=O. The van der Waals surface area contributed by atoms with E-state index >= 15 is 0 Å². The van der Waals surface area contributed by atoms with Crippen molar-refractivity contribution in [2.45, 2.75) is 39.2 Å². The number of unbranched alkanes of at least 4 members (excludes halogenated alkanes) is 2. The van der Waals surface area contributed by atoms with Gasteiger partial charge in [0.05, 0.1) is 0 Å². The number of nitrogen functional groups attached to an aromatic ring is 1. The molecule has 0 bridgehead atoms. The van der Waals surface area contributed by atoms with Crippen LogP contribution in [0.4, 0.5) is 11.5 Å². The smallest absolute Gasteiger partial charge is 0.332 e. The van der Waals surface area contributed by atoms with Gasteiger partial charge in [0, 0.05) is 33.9 Å². The third-order valence-electron chi connectivity index (χ3n) is 3.36. The Labute approximate surface area is 124 Å². The minimum Gasteiger partial charge on any atom is -0.385 e. The number of hydrogen-bond acceptors (Lipinski definition) is 5. The Morgan fingerprint density at radius 3 is 2.57 bits per heavy atom. The van der Waals surface area contributed by atoms with Crippen molar-refractivity contribution in [1.82, 2.24) is 9.13 Å².